The van der Waals surface area contributed by atoms with Gasteiger partial charge in [-0.05, 0) is 24.1 Å². The van der Waals surface area contributed by atoms with Crippen LogP contribution in [0, 0.1) is 0 Å². The van der Waals surface area contributed by atoms with Gasteiger partial charge in [-0.15, -0.1) is 0 Å². The molecule has 0 aliphatic carbocycles. The Kier molecular flexibility index (Phi) is 5.11. The van der Waals surface area contributed by atoms with Crippen molar-refractivity contribution in [3.63, 3.8) is 0 Å². The Bertz CT molecular complexity index is 678. The largest absolute Gasteiger partial charge is 0.396 e. The Labute approximate surface area is 124 Å². The average Bonchev–Trinajstić information content (AvgIpc) is 2.85. The Balaban J connectivity index is 1.96. The van der Waals surface area contributed by atoms with Crippen LogP contribution >= 0.6 is 0 Å². The SMILES string of the molecule is Cn1ccnc1CCNS(=O)(=O)c1ccc(CCO)cc1. The van der Waals surface area contributed by atoms with Crippen molar-refractivity contribution in [1.29, 1.82) is 0 Å². The summed E-state index contributed by atoms with van der Waals surface area (Å²) in [4.78, 5) is 4.37. The normalized spacial score (nSPS) is 11.7. The van der Waals surface area contributed by atoms with Gasteiger partial charge in [0.2, 0.25) is 10.0 Å². The molecule has 2 N–H and O–H groups in total. The molecular formula is C14H19N3O3S. The maximum Gasteiger partial charge on any atom is 0.240 e. The maximum absolute atomic E-state index is 12.1. The van der Waals surface area contributed by atoms with Gasteiger partial charge in [0.05, 0.1) is 4.90 Å². The molecule has 0 radical (unpaired) electrons. The van der Waals surface area contributed by atoms with E-state index in [0.717, 1.165) is 11.4 Å². The van der Waals surface area contributed by atoms with E-state index in [1.54, 1.807) is 30.5 Å². The van der Waals surface area contributed by atoms with Crippen molar-refractivity contribution < 1.29 is 13.5 Å². The molecule has 2 rings (SSSR count). The van der Waals surface area contributed by atoms with Crippen LogP contribution in [-0.2, 0) is 29.9 Å². The summed E-state index contributed by atoms with van der Waals surface area (Å²) in [6.07, 6.45) is 4.56. The summed E-state index contributed by atoms with van der Waals surface area (Å²) in [7, 11) is -1.64. The predicted molar refractivity (Wildman–Crippen MR) is 79.3 cm³/mol. The van der Waals surface area contributed by atoms with Gasteiger partial charge >= 0.3 is 0 Å². The Morgan fingerprint density at radius 1 is 1.24 bits per heavy atom. The number of aromatic nitrogens is 2. The van der Waals surface area contributed by atoms with Crippen molar-refractivity contribution in [2.24, 2.45) is 7.05 Å². The third-order valence-electron chi connectivity index (χ3n) is 3.20. The summed E-state index contributed by atoms with van der Waals surface area (Å²) in [5.41, 5.74) is 0.907. The fourth-order valence-electron chi connectivity index (χ4n) is 1.98. The highest BCUT2D eigenvalue weighted by molar-refractivity contribution is 7.89. The van der Waals surface area contributed by atoms with Gasteiger partial charge in [0.1, 0.15) is 5.82 Å². The van der Waals surface area contributed by atoms with Crippen LogP contribution < -0.4 is 4.72 Å². The minimum absolute atomic E-state index is 0.0496. The zero-order valence-electron chi connectivity index (χ0n) is 11.9. The standard InChI is InChI=1S/C14H19N3O3S/c1-17-10-9-15-14(17)6-8-16-21(19,20)13-4-2-12(3-5-13)7-11-18/h2-5,9-10,16,18H,6-8,11H2,1H3. The van der Waals surface area contributed by atoms with Gasteiger partial charge < -0.3 is 9.67 Å². The summed E-state index contributed by atoms with van der Waals surface area (Å²) >= 11 is 0. The van der Waals surface area contributed by atoms with Crippen LogP contribution in [0.1, 0.15) is 11.4 Å². The molecule has 0 amide bonds. The number of nitrogens with zero attached hydrogens (tertiary/aromatic N) is 2. The highest BCUT2D eigenvalue weighted by atomic mass is 32.2. The number of sulfonamides is 1. The third kappa shape index (κ3) is 4.13. The van der Waals surface area contributed by atoms with E-state index >= 15 is 0 Å². The molecule has 0 fully saturated rings. The first kappa shape index (κ1) is 15.7. The molecule has 2 aromatic rings. The number of aliphatic hydroxyl groups is 1. The van der Waals surface area contributed by atoms with Crippen molar-refractivity contribution in [2.45, 2.75) is 17.7 Å². The minimum Gasteiger partial charge on any atom is -0.396 e. The minimum atomic E-state index is -3.51. The second-order valence-corrected chi connectivity index (χ2v) is 6.49. The lowest BCUT2D eigenvalue weighted by Gasteiger charge is -2.07. The molecule has 0 saturated heterocycles. The lowest BCUT2D eigenvalue weighted by molar-refractivity contribution is 0.299. The van der Waals surface area contributed by atoms with Gasteiger partial charge in [-0.2, -0.15) is 0 Å². The van der Waals surface area contributed by atoms with Crippen molar-refractivity contribution in [1.82, 2.24) is 14.3 Å². The van der Waals surface area contributed by atoms with E-state index in [0.29, 0.717) is 19.4 Å². The van der Waals surface area contributed by atoms with Crippen LogP contribution in [0.2, 0.25) is 0 Å². The predicted octanol–water partition coefficient (Wildman–Crippen LogP) is 0.476. The number of aliphatic hydroxyl groups excluding tert-OH is 1. The molecule has 7 heteroatoms. The summed E-state index contributed by atoms with van der Waals surface area (Å²) in [5.74, 6) is 0.830. The van der Waals surface area contributed by atoms with E-state index in [2.05, 4.69) is 9.71 Å². The summed E-state index contributed by atoms with van der Waals surface area (Å²) < 4.78 is 28.7. The number of hydrogen-bond donors (Lipinski definition) is 2. The molecule has 0 aliphatic heterocycles. The first-order chi connectivity index (χ1) is 10.0. The second kappa shape index (κ2) is 6.84. The van der Waals surface area contributed by atoms with Crippen molar-refractivity contribution in [3.05, 3.63) is 48.0 Å². The number of aryl methyl sites for hydroxylation is 1. The number of hydrogen-bond acceptors (Lipinski definition) is 4. The molecule has 0 atom stereocenters. The van der Waals surface area contributed by atoms with E-state index in [-0.39, 0.29) is 11.5 Å². The molecule has 0 aliphatic rings. The van der Waals surface area contributed by atoms with Crippen LogP contribution in [-0.4, -0.2) is 36.2 Å². The average molecular weight is 309 g/mol. The molecule has 1 aromatic carbocycles. The number of rotatable bonds is 7. The number of nitrogens with one attached hydrogen (secondary N) is 1. The van der Waals surface area contributed by atoms with Gasteiger partial charge in [-0.3, -0.25) is 0 Å². The van der Waals surface area contributed by atoms with Crippen molar-refractivity contribution in [2.75, 3.05) is 13.2 Å². The van der Waals surface area contributed by atoms with Crippen LogP contribution in [0.4, 0.5) is 0 Å². The molecule has 1 aromatic heterocycles. The fourth-order valence-corrected chi connectivity index (χ4v) is 3.01. The van der Waals surface area contributed by atoms with E-state index in [9.17, 15) is 8.42 Å². The van der Waals surface area contributed by atoms with Gasteiger partial charge in [0.15, 0.2) is 0 Å². The van der Waals surface area contributed by atoms with Crippen molar-refractivity contribution in [3.8, 4) is 0 Å². The summed E-state index contributed by atoms with van der Waals surface area (Å²) in [6, 6.07) is 6.52. The molecule has 6 nitrogen and oxygen atoms in total. The molecule has 0 saturated carbocycles. The van der Waals surface area contributed by atoms with Gasteiger partial charge in [-0.1, -0.05) is 12.1 Å². The van der Waals surface area contributed by atoms with Crippen LogP contribution in [0.3, 0.4) is 0 Å². The monoisotopic (exact) mass is 309 g/mol. The van der Waals surface area contributed by atoms with Crippen LogP contribution in [0.25, 0.3) is 0 Å². The molecular weight excluding hydrogens is 290 g/mol. The Morgan fingerprint density at radius 3 is 2.52 bits per heavy atom. The zero-order chi connectivity index (χ0) is 15.3. The van der Waals surface area contributed by atoms with E-state index in [4.69, 9.17) is 5.11 Å². The topological polar surface area (TPSA) is 84.2 Å². The highest BCUT2D eigenvalue weighted by Crippen LogP contribution is 2.11. The lowest BCUT2D eigenvalue weighted by atomic mass is 10.2. The quantitative estimate of drug-likeness (QED) is 0.779. The third-order valence-corrected chi connectivity index (χ3v) is 4.67. The highest BCUT2D eigenvalue weighted by Gasteiger charge is 2.13. The maximum atomic E-state index is 12.1. The Hall–Kier alpha value is -1.70. The molecule has 1 heterocycles. The van der Waals surface area contributed by atoms with Crippen molar-refractivity contribution >= 4 is 10.0 Å². The smallest absolute Gasteiger partial charge is 0.240 e. The Morgan fingerprint density at radius 2 is 1.95 bits per heavy atom. The van der Waals surface area contributed by atoms with E-state index < -0.39 is 10.0 Å². The lowest BCUT2D eigenvalue weighted by Crippen LogP contribution is -2.26. The molecule has 0 spiro atoms. The van der Waals surface area contributed by atoms with E-state index in [1.807, 2.05) is 17.8 Å². The first-order valence-electron chi connectivity index (χ1n) is 6.68. The summed E-state index contributed by atoms with van der Waals surface area (Å²) in [6.45, 7) is 0.347. The molecule has 114 valence electrons. The zero-order valence-corrected chi connectivity index (χ0v) is 12.7. The number of imidazole rings is 1. The summed E-state index contributed by atoms with van der Waals surface area (Å²) in [5, 5.41) is 8.84. The van der Waals surface area contributed by atoms with E-state index in [1.165, 1.54) is 0 Å². The van der Waals surface area contributed by atoms with Crippen LogP contribution in [0.5, 0.6) is 0 Å². The van der Waals surface area contributed by atoms with Gasteiger partial charge in [0.25, 0.3) is 0 Å². The molecule has 0 bridgehead atoms. The molecule has 21 heavy (non-hydrogen) atoms. The van der Waals surface area contributed by atoms with Gasteiger partial charge in [-0.25, -0.2) is 18.1 Å². The fraction of sp³-hybridized carbons (Fsp3) is 0.357. The first-order valence-corrected chi connectivity index (χ1v) is 8.17. The van der Waals surface area contributed by atoms with Gasteiger partial charge in [0, 0.05) is 39.0 Å². The van der Waals surface area contributed by atoms with Crippen LogP contribution in [0.15, 0.2) is 41.6 Å². The molecule has 0 unspecified atom stereocenters. The second-order valence-electron chi connectivity index (χ2n) is 4.72. The number of benzene rings is 1.